The third-order valence-corrected chi connectivity index (χ3v) is 5.55. The molecule has 2 rings (SSSR count). The molecule has 0 amide bonds. The average Bonchev–Trinajstić information content (AvgIpc) is 2.69. The summed E-state index contributed by atoms with van der Waals surface area (Å²) in [5.74, 6) is -0.131. The number of halogens is 2. The van der Waals surface area contributed by atoms with Gasteiger partial charge in [-0.2, -0.15) is 0 Å². The summed E-state index contributed by atoms with van der Waals surface area (Å²) in [6.07, 6.45) is 6.20. The van der Waals surface area contributed by atoms with Gasteiger partial charge in [0, 0.05) is 11.1 Å². The summed E-state index contributed by atoms with van der Waals surface area (Å²) in [5, 5.41) is 0.921. The molecule has 0 N–H and O–H groups in total. The fourth-order valence-corrected chi connectivity index (χ4v) is 3.69. The van der Waals surface area contributed by atoms with Crippen molar-refractivity contribution in [2.75, 3.05) is 6.61 Å². The largest absolute Gasteiger partial charge is 0.462 e. The molecule has 0 saturated carbocycles. The topological polar surface area (TPSA) is 39.2 Å². The van der Waals surface area contributed by atoms with E-state index in [-0.39, 0.29) is 17.8 Å². The first-order chi connectivity index (χ1) is 14.2. The van der Waals surface area contributed by atoms with Crippen molar-refractivity contribution >= 4 is 35.2 Å². The molecule has 162 valence electrons. The minimum atomic E-state index is -0.366. The molecule has 1 aromatic carbocycles. The van der Waals surface area contributed by atoms with Gasteiger partial charge in [-0.05, 0) is 42.9 Å². The maximum absolute atomic E-state index is 13.1. The smallest absolute Gasteiger partial charge is 0.340 e. The van der Waals surface area contributed by atoms with Gasteiger partial charge in [0.05, 0.1) is 33.6 Å². The lowest BCUT2D eigenvalue weighted by molar-refractivity contribution is 0.0525. The Bertz CT molecular complexity index is 933. The van der Waals surface area contributed by atoms with E-state index >= 15 is 0 Å². The zero-order chi connectivity index (χ0) is 22.4. The summed E-state index contributed by atoms with van der Waals surface area (Å²) in [6.45, 7) is 12.6. The standard InChI is InChI=1S/C25H31Cl2NO2/c1-7-9-10-11-18-21(17-12-13-19(26)20(27)14-17)22(25(29)30-8-2)24(16(5)6)28-23(18)15(3)4/h10-16H,7-9H2,1-6H3. The lowest BCUT2D eigenvalue weighted by Gasteiger charge is -2.23. The van der Waals surface area contributed by atoms with Crippen LogP contribution >= 0.6 is 23.2 Å². The fraction of sp³-hybridized carbons (Fsp3) is 0.440. The van der Waals surface area contributed by atoms with Gasteiger partial charge in [-0.25, -0.2) is 4.79 Å². The molecule has 0 aliphatic rings. The van der Waals surface area contributed by atoms with E-state index in [4.69, 9.17) is 32.9 Å². The Morgan fingerprint density at radius 3 is 2.27 bits per heavy atom. The average molecular weight is 448 g/mol. The first-order valence-corrected chi connectivity index (χ1v) is 11.3. The van der Waals surface area contributed by atoms with E-state index in [9.17, 15) is 4.79 Å². The number of unbranched alkanes of at least 4 members (excludes halogenated alkanes) is 1. The number of allylic oxidation sites excluding steroid dienone is 1. The Labute approximate surface area is 190 Å². The molecule has 0 spiro atoms. The molecular formula is C25H31Cl2NO2. The maximum atomic E-state index is 13.1. The summed E-state index contributed by atoms with van der Waals surface area (Å²) in [5.41, 5.74) is 4.78. The van der Waals surface area contributed by atoms with E-state index in [0.29, 0.717) is 22.2 Å². The number of esters is 1. The van der Waals surface area contributed by atoms with Gasteiger partial charge in [-0.3, -0.25) is 4.98 Å². The van der Waals surface area contributed by atoms with E-state index in [2.05, 4.69) is 32.9 Å². The van der Waals surface area contributed by atoms with E-state index < -0.39 is 0 Å². The molecule has 0 atom stereocenters. The highest BCUT2D eigenvalue weighted by Gasteiger charge is 2.27. The van der Waals surface area contributed by atoms with Crippen LogP contribution in [-0.2, 0) is 4.74 Å². The third-order valence-electron chi connectivity index (χ3n) is 4.81. The monoisotopic (exact) mass is 447 g/mol. The minimum Gasteiger partial charge on any atom is -0.462 e. The lowest BCUT2D eigenvalue weighted by Crippen LogP contribution is -2.16. The van der Waals surface area contributed by atoms with Crippen molar-refractivity contribution in [2.45, 2.75) is 66.2 Å². The maximum Gasteiger partial charge on any atom is 0.340 e. The Kier molecular flexibility index (Phi) is 8.93. The van der Waals surface area contributed by atoms with Crippen molar-refractivity contribution < 1.29 is 9.53 Å². The van der Waals surface area contributed by atoms with Crippen LogP contribution in [0.5, 0.6) is 0 Å². The van der Waals surface area contributed by atoms with E-state index in [1.165, 1.54) is 0 Å². The first kappa shape index (κ1) is 24.4. The number of benzene rings is 1. The van der Waals surface area contributed by atoms with Crippen LogP contribution in [0.2, 0.25) is 10.0 Å². The van der Waals surface area contributed by atoms with Gasteiger partial charge in [0.1, 0.15) is 0 Å². The predicted molar refractivity (Wildman–Crippen MR) is 128 cm³/mol. The summed E-state index contributed by atoms with van der Waals surface area (Å²) in [7, 11) is 0. The molecule has 0 radical (unpaired) electrons. The molecule has 2 aromatic rings. The van der Waals surface area contributed by atoms with Gasteiger partial charge >= 0.3 is 5.97 Å². The van der Waals surface area contributed by atoms with Crippen molar-refractivity contribution in [3.63, 3.8) is 0 Å². The number of pyridine rings is 1. The number of nitrogens with zero attached hydrogens (tertiary/aromatic N) is 1. The van der Waals surface area contributed by atoms with Gasteiger partial charge < -0.3 is 4.74 Å². The highest BCUT2D eigenvalue weighted by Crippen LogP contribution is 2.39. The van der Waals surface area contributed by atoms with Crippen molar-refractivity contribution in [3.8, 4) is 11.1 Å². The van der Waals surface area contributed by atoms with Crippen LogP contribution in [0.4, 0.5) is 0 Å². The third kappa shape index (κ3) is 5.44. The van der Waals surface area contributed by atoms with Crippen LogP contribution in [0, 0.1) is 0 Å². The molecule has 5 heteroatoms. The Morgan fingerprint density at radius 2 is 1.73 bits per heavy atom. The number of carbonyl (C=O) groups is 1. The quantitative estimate of drug-likeness (QED) is 0.381. The molecule has 0 fully saturated rings. The number of hydrogen-bond acceptors (Lipinski definition) is 3. The normalized spacial score (nSPS) is 11.7. The van der Waals surface area contributed by atoms with Crippen LogP contribution in [-0.4, -0.2) is 17.6 Å². The second-order valence-corrected chi connectivity index (χ2v) is 8.71. The number of aromatic nitrogens is 1. The van der Waals surface area contributed by atoms with Gasteiger partial charge in [-0.1, -0.05) is 82.5 Å². The number of rotatable bonds is 8. The zero-order valence-electron chi connectivity index (χ0n) is 18.7. The second-order valence-electron chi connectivity index (χ2n) is 7.90. The molecule has 1 heterocycles. The second kappa shape index (κ2) is 11.0. The molecule has 0 saturated heterocycles. The van der Waals surface area contributed by atoms with Gasteiger partial charge in [-0.15, -0.1) is 0 Å². The van der Waals surface area contributed by atoms with E-state index in [0.717, 1.165) is 40.9 Å². The van der Waals surface area contributed by atoms with Crippen LogP contribution < -0.4 is 0 Å². The van der Waals surface area contributed by atoms with Gasteiger partial charge in [0.15, 0.2) is 0 Å². The van der Waals surface area contributed by atoms with Gasteiger partial charge in [0.25, 0.3) is 0 Å². The van der Waals surface area contributed by atoms with Crippen LogP contribution in [0.1, 0.15) is 93.5 Å². The molecule has 1 aromatic heterocycles. The summed E-state index contributed by atoms with van der Waals surface area (Å²) in [4.78, 5) is 18.1. The molecule has 0 bridgehead atoms. The van der Waals surface area contributed by atoms with Crippen molar-refractivity contribution in [1.82, 2.24) is 4.98 Å². The van der Waals surface area contributed by atoms with E-state index in [1.807, 2.05) is 32.9 Å². The van der Waals surface area contributed by atoms with Gasteiger partial charge in [0.2, 0.25) is 0 Å². The molecule has 3 nitrogen and oxygen atoms in total. The fourth-order valence-electron chi connectivity index (χ4n) is 3.39. The summed E-state index contributed by atoms with van der Waals surface area (Å²) in [6, 6.07) is 5.48. The number of ether oxygens (including phenoxy) is 1. The SMILES string of the molecule is CCCC=Cc1c(C(C)C)nc(C(C)C)c(C(=O)OCC)c1-c1ccc(Cl)c(Cl)c1. The van der Waals surface area contributed by atoms with Crippen LogP contribution in [0.25, 0.3) is 17.2 Å². The Balaban J connectivity index is 3.01. The highest BCUT2D eigenvalue weighted by atomic mass is 35.5. The van der Waals surface area contributed by atoms with Crippen LogP contribution in [0.3, 0.4) is 0 Å². The number of carbonyl (C=O) groups excluding carboxylic acids is 1. The lowest BCUT2D eigenvalue weighted by atomic mass is 9.86. The molecule has 0 aliphatic heterocycles. The van der Waals surface area contributed by atoms with Crippen LogP contribution in [0.15, 0.2) is 24.3 Å². The first-order valence-electron chi connectivity index (χ1n) is 10.6. The van der Waals surface area contributed by atoms with Crippen molar-refractivity contribution in [1.29, 1.82) is 0 Å². The Morgan fingerprint density at radius 1 is 1.07 bits per heavy atom. The van der Waals surface area contributed by atoms with Crippen molar-refractivity contribution in [3.05, 3.63) is 56.8 Å². The molecule has 30 heavy (non-hydrogen) atoms. The molecule has 0 aliphatic carbocycles. The molecule has 0 unspecified atom stereocenters. The van der Waals surface area contributed by atoms with Crippen molar-refractivity contribution in [2.24, 2.45) is 0 Å². The summed E-state index contributed by atoms with van der Waals surface area (Å²) < 4.78 is 5.45. The zero-order valence-corrected chi connectivity index (χ0v) is 20.2. The summed E-state index contributed by atoms with van der Waals surface area (Å²) >= 11 is 12.5. The highest BCUT2D eigenvalue weighted by molar-refractivity contribution is 6.42. The van der Waals surface area contributed by atoms with E-state index in [1.54, 1.807) is 6.07 Å². The predicted octanol–water partition coefficient (Wildman–Crippen LogP) is 8.29. The molecular weight excluding hydrogens is 417 g/mol. The number of hydrogen-bond donors (Lipinski definition) is 0. The Hall–Kier alpha value is -1.84. The minimum absolute atomic E-state index is 0.0529.